The molecule has 1 N–H and O–H groups in total. The maximum absolute atomic E-state index is 11.5. The molecule has 2 aromatic rings. The SMILES string of the molecule is CNC(CCOc1cncc(Cl)c1)c1ccc(OC(=O)N(C)C)cc1. The molecular weight excluding hydrogens is 342 g/mol. The van der Waals surface area contributed by atoms with Crippen LogP contribution >= 0.6 is 11.6 Å². The number of ether oxygens (including phenoxy) is 2. The van der Waals surface area contributed by atoms with Crippen LogP contribution < -0.4 is 14.8 Å². The van der Waals surface area contributed by atoms with Crippen LogP contribution in [0.1, 0.15) is 18.0 Å². The monoisotopic (exact) mass is 363 g/mol. The topological polar surface area (TPSA) is 63.7 Å². The fraction of sp³-hybridized carbons (Fsp3) is 0.333. The van der Waals surface area contributed by atoms with E-state index in [1.165, 1.54) is 4.90 Å². The van der Waals surface area contributed by atoms with Crippen LogP contribution in [0.5, 0.6) is 11.5 Å². The van der Waals surface area contributed by atoms with E-state index < -0.39 is 6.09 Å². The number of aromatic nitrogens is 1. The van der Waals surface area contributed by atoms with E-state index in [0.717, 1.165) is 12.0 Å². The van der Waals surface area contributed by atoms with Gasteiger partial charge < -0.3 is 19.7 Å². The maximum Gasteiger partial charge on any atom is 0.414 e. The normalized spacial score (nSPS) is 11.7. The average Bonchev–Trinajstić information content (AvgIpc) is 2.59. The van der Waals surface area contributed by atoms with Gasteiger partial charge in [-0.3, -0.25) is 4.98 Å². The van der Waals surface area contributed by atoms with Crippen molar-refractivity contribution < 1.29 is 14.3 Å². The maximum atomic E-state index is 11.5. The van der Waals surface area contributed by atoms with Gasteiger partial charge in [0.2, 0.25) is 0 Å². The van der Waals surface area contributed by atoms with E-state index in [-0.39, 0.29) is 6.04 Å². The molecule has 0 radical (unpaired) electrons. The van der Waals surface area contributed by atoms with Crippen LogP contribution in [0.15, 0.2) is 42.7 Å². The van der Waals surface area contributed by atoms with E-state index in [0.29, 0.717) is 23.1 Å². The van der Waals surface area contributed by atoms with E-state index >= 15 is 0 Å². The number of pyridine rings is 1. The predicted octanol–water partition coefficient (Wildman–Crippen LogP) is 3.53. The molecule has 1 aromatic heterocycles. The minimum atomic E-state index is -0.401. The Kier molecular flexibility index (Phi) is 7.03. The van der Waals surface area contributed by atoms with Gasteiger partial charge >= 0.3 is 6.09 Å². The third-order valence-corrected chi connectivity index (χ3v) is 3.76. The highest BCUT2D eigenvalue weighted by molar-refractivity contribution is 6.30. The minimum Gasteiger partial charge on any atom is -0.492 e. The number of benzene rings is 1. The van der Waals surface area contributed by atoms with Gasteiger partial charge in [0, 0.05) is 38.8 Å². The molecule has 1 unspecified atom stereocenters. The highest BCUT2D eigenvalue weighted by Crippen LogP contribution is 2.21. The molecule has 1 amide bonds. The van der Waals surface area contributed by atoms with Gasteiger partial charge in [-0.2, -0.15) is 0 Å². The minimum absolute atomic E-state index is 0.116. The summed E-state index contributed by atoms with van der Waals surface area (Å²) in [5, 5.41) is 3.80. The van der Waals surface area contributed by atoms with Crippen LogP contribution in [-0.4, -0.2) is 43.7 Å². The summed E-state index contributed by atoms with van der Waals surface area (Å²) in [6, 6.07) is 9.27. The Morgan fingerprint density at radius 2 is 1.96 bits per heavy atom. The Bertz CT molecular complexity index is 692. The molecule has 0 bridgehead atoms. The van der Waals surface area contributed by atoms with Crippen molar-refractivity contribution in [2.45, 2.75) is 12.5 Å². The first-order valence-electron chi connectivity index (χ1n) is 7.89. The standard InChI is InChI=1S/C18H22ClN3O3/c1-20-17(8-9-24-16-10-14(19)11-21-12-16)13-4-6-15(7-5-13)25-18(23)22(2)3/h4-7,10-12,17,20H,8-9H2,1-3H3. The molecule has 0 aliphatic carbocycles. The smallest absolute Gasteiger partial charge is 0.414 e. The van der Waals surface area contributed by atoms with E-state index in [2.05, 4.69) is 10.3 Å². The Balaban J connectivity index is 1.90. The number of halogens is 1. The second-order valence-electron chi connectivity index (χ2n) is 5.65. The summed E-state index contributed by atoms with van der Waals surface area (Å²) in [6.07, 6.45) is 3.56. The number of nitrogens with zero attached hydrogens (tertiary/aromatic N) is 2. The molecule has 0 aliphatic heterocycles. The molecule has 0 spiro atoms. The largest absolute Gasteiger partial charge is 0.492 e. The molecule has 2 rings (SSSR count). The Morgan fingerprint density at radius 1 is 1.24 bits per heavy atom. The first kappa shape index (κ1) is 19.0. The van der Waals surface area contributed by atoms with E-state index in [9.17, 15) is 4.79 Å². The molecule has 1 aromatic carbocycles. The van der Waals surface area contributed by atoms with Crippen LogP contribution in [-0.2, 0) is 0 Å². The van der Waals surface area contributed by atoms with Crippen LogP contribution in [0.2, 0.25) is 5.02 Å². The number of carbonyl (C=O) groups is 1. The highest BCUT2D eigenvalue weighted by atomic mass is 35.5. The van der Waals surface area contributed by atoms with Crippen LogP contribution in [0, 0.1) is 0 Å². The summed E-state index contributed by atoms with van der Waals surface area (Å²) in [5.74, 6) is 1.16. The molecule has 25 heavy (non-hydrogen) atoms. The van der Waals surface area contributed by atoms with Crippen molar-refractivity contribution in [2.24, 2.45) is 0 Å². The highest BCUT2D eigenvalue weighted by Gasteiger charge is 2.11. The molecule has 1 atom stereocenters. The van der Waals surface area contributed by atoms with E-state index in [1.54, 1.807) is 44.7 Å². The molecule has 0 saturated heterocycles. The fourth-order valence-corrected chi connectivity index (χ4v) is 2.37. The number of nitrogens with one attached hydrogen (secondary N) is 1. The zero-order valence-electron chi connectivity index (χ0n) is 14.5. The molecule has 0 fully saturated rings. The van der Waals surface area contributed by atoms with Crippen molar-refractivity contribution in [2.75, 3.05) is 27.7 Å². The number of rotatable bonds is 7. The molecular formula is C18H22ClN3O3. The quantitative estimate of drug-likeness (QED) is 0.815. The van der Waals surface area contributed by atoms with Crippen molar-refractivity contribution in [3.8, 4) is 11.5 Å². The average molecular weight is 364 g/mol. The van der Waals surface area contributed by atoms with Gasteiger partial charge in [0.1, 0.15) is 11.5 Å². The molecule has 6 nitrogen and oxygen atoms in total. The van der Waals surface area contributed by atoms with Crippen molar-refractivity contribution in [3.05, 3.63) is 53.3 Å². The van der Waals surface area contributed by atoms with Crippen molar-refractivity contribution in [3.63, 3.8) is 0 Å². The van der Waals surface area contributed by atoms with E-state index in [1.807, 2.05) is 19.2 Å². The first-order valence-corrected chi connectivity index (χ1v) is 8.27. The summed E-state index contributed by atoms with van der Waals surface area (Å²) in [4.78, 5) is 16.9. The summed E-state index contributed by atoms with van der Waals surface area (Å²) in [6.45, 7) is 0.519. The van der Waals surface area contributed by atoms with Gasteiger partial charge in [0.05, 0.1) is 17.8 Å². The van der Waals surface area contributed by atoms with Gasteiger partial charge in [-0.1, -0.05) is 23.7 Å². The lowest BCUT2D eigenvalue weighted by atomic mass is 10.0. The van der Waals surface area contributed by atoms with Crippen LogP contribution in [0.3, 0.4) is 0 Å². The number of hydrogen-bond donors (Lipinski definition) is 1. The summed E-state index contributed by atoms with van der Waals surface area (Å²) >= 11 is 5.89. The molecule has 0 aliphatic rings. The Morgan fingerprint density at radius 3 is 2.56 bits per heavy atom. The van der Waals surface area contributed by atoms with Crippen LogP contribution in [0.25, 0.3) is 0 Å². The zero-order valence-corrected chi connectivity index (χ0v) is 15.3. The van der Waals surface area contributed by atoms with Crippen molar-refractivity contribution >= 4 is 17.7 Å². The zero-order chi connectivity index (χ0) is 18.2. The number of amides is 1. The summed E-state index contributed by atoms with van der Waals surface area (Å²) in [7, 11) is 5.18. The second-order valence-corrected chi connectivity index (χ2v) is 6.09. The third kappa shape index (κ3) is 5.92. The number of hydrogen-bond acceptors (Lipinski definition) is 5. The lowest BCUT2D eigenvalue weighted by molar-refractivity contribution is 0.172. The summed E-state index contributed by atoms with van der Waals surface area (Å²) in [5.41, 5.74) is 1.08. The molecule has 0 saturated carbocycles. The van der Waals surface area contributed by atoms with Gasteiger partial charge in [-0.25, -0.2) is 4.79 Å². The van der Waals surface area contributed by atoms with Gasteiger partial charge in [-0.15, -0.1) is 0 Å². The first-order chi connectivity index (χ1) is 12.0. The van der Waals surface area contributed by atoms with E-state index in [4.69, 9.17) is 21.1 Å². The van der Waals surface area contributed by atoms with Crippen molar-refractivity contribution in [1.29, 1.82) is 0 Å². The molecule has 1 heterocycles. The van der Waals surface area contributed by atoms with Crippen molar-refractivity contribution in [1.82, 2.24) is 15.2 Å². The third-order valence-electron chi connectivity index (χ3n) is 3.56. The predicted molar refractivity (Wildman–Crippen MR) is 97.3 cm³/mol. The Hall–Kier alpha value is -2.31. The molecule has 134 valence electrons. The van der Waals surface area contributed by atoms with Gasteiger partial charge in [0.25, 0.3) is 0 Å². The number of carbonyl (C=O) groups excluding carboxylic acids is 1. The van der Waals surface area contributed by atoms with Gasteiger partial charge in [0.15, 0.2) is 0 Å². The Labute approximate surface area is 152 Å². The van der Waals surface area contributed by atoms with Crippen LogP contribution in [0.4, 0.5) is 4.79 Å². The van der Waals surface area contributed by atoms with Gasteiger partial charge in [-0.05, 0) is 24.7 Å². The lowest BCUT2D eigenvalue weighted by Crippen LogP contribution is -2.25. The second kappa shape index (κ2) is 9.25. The molecule has 7 heteroatoms. The fourth-order valence-electron chi connectivity index (χ4n) is 2.20. The lowest BCUT2D eigenvalue weighted by Gasteiger charge is -2.18. The summed E-state index contributed by atoms with van der Waals surface area (Å²) < 4.78 is 10.9.